The van der Waals surface area contributed by atoms with Gasteiger partial charge in [0.25, 0.3) is 5.69 Å². The third-order valence-corrected chi connectivity index (χ3v) is 4.79. The van der Waals surface area contributed by atoms with Crippen molar-refractivity contribution >= 4 is 29.5 Å². The molecular formula is C15H17NO4S. The Morgan fingerprint density at radius 3 is 2.76 bits per heavy atom. The molecule has 0 heterocycles. The number of thioether (sulfide) groups is 1. The first-order chi connectivity index (χ1) is 10.1. The van der Waals surface area contributed by atoms with E-state index in [1.807, 2.05) is 0 Å². The molecule has 0 unspecified atom stereocenters. The number of hydrogen-bond donors (Lipinski definition) is 0. The van der Waals surface area contributed by atoms with E-state index >= 15 is 0 Å². The lowest BCUT2D eigenvalue weighted by molar-refractivity contribution is -0.387. The lowest BCUT2D eigenvalue weighted by Crippen LogP contribution is -1.98. The molecule has 0 aromatic heterocycles. The van der Waals surface area contributed by atoms with Gasteiger partial charge in [-0.25, -0.2) is 4.79 Å². The number of hydrogen-bond acceptors (Lipinski definition) is 5. The second-order valence-corrected chi connectivity index (χ2v) is 6.21. The molecule has 6 heteroatoms. The van der Waals surface area contributed by atoms with Gasteiger partial charge in [0.2, 0.25) is 0 Å². The maximum Gasteiger partial charge on any atom is 0.330 e. The van der Waals surface area contributed by atoms with Crippen molar-refractivity contribution in [3.8, 4) is 0 Å². The summed E-state index contributed by atoms with van der Waals surface area (Å²) >= 11 is 1.59. The standard InChI is InChI=1S/C15H17NO4S/c1-20-15(17)9-7-11-6-8-14(13(10-11)16(18)19)21-12-4-2-3-5-12/h6-10,12H,2-5H2,1H3/b9-7+. The number of carbonyl (C=O) groups is 1. The number of esters is 1. The Labute approximate surface area is 127 Å². The Morgan fingerprint density at radius 2 is 2.14 bits per heavy atom. The Morgan fingerprint density at radius 1 is 1.43 bits per heavy atom. The van der Waals surface area contributed by atoms with Gasteiger partial charge in [0.05, 0.1) is 16.9 Å². The minimum atomic E-state index is -0.484. The maximum atomic E-state index is 11.2. The van der Waals surface area contributed by atoms with Crippen LogP contribution in [0.1, 0.15) is 31.2 Å². The molecule has 1 aliphatic carbocycles. The van der Waals surface area contributed by atoms with Crippen LogP contribution in [0.15, 0.2) is 29.2 Å². The maximum absolute atomic E-state index is 11.2. The number of ether oxygens (including phenoxy) is 1. The van der Waals surface area contributed by atoms with E-state index < -0.39 is 5.97 Å². The lowest BCUT2D eigenvalue weighted by Gasteiger charge is -2.09. The predicted molar refractivity (Wildman–Crippen MR) is 82.3 cm³/mol. The van der Waals surface area contributed by atoms with Crippen LogP contribution < -0.4 is 0 Å². The molecule has 0 spiro atoms. The average Bonchev–Trinajstić information content (AvgIpc) is 2.98. The Hall–Kier alpha value is -1.82. The van der Waals surface area contributed by atoms with Crippen molar-refractivity contribution in [2.45, 2.75) is 35.8 Å². The van der Waals surface area contributed by atoms with E-state index in [1.165, 1.54) is 38.2 Å². The molecule has 21 heavy (non-hydrogen) atoms. The second-order valence-electron chi connectivity index (χ2n) is 4.87. The molecule has 1 saturated carbocycles. The highest BCUT2D eigenvalue weighted by atomic mass is 32.2. The lowest BCUT2D eigenvalue weighted by atomic mass is 10.2. The van der Waals surface area contributed by atoms with E-state index in [2.05, 4.69) is 4.74 Å². The molecule has 1 aromatic rings. The summed E-state index contributed by atoms with van der Waals surface area (Å²) in [5.74, 6) is -0.484. The molecule has 0 atom stereocenters. The number of benzene rings is 1. The summed E-state index contributed by atoms with van der Waals surface area (Å²) in [4.78, 5) is 22.6. The molecule has 0 N–H and O–H groups in total. The van der Waals surface area contributed by atoms with Crippen LogP contribution in [-0.4, -0.2) is 23.3 Å². The minimum absolute atomic E-state index is 0.0962. The highest BCUT2D eigenvalue weighted by Gasteiger charge is 2.21. The Balaban J connectivity index is 2.20. The predicted octanol–water partition coefficient (Wildman–Crippen LogP) is 3.82. The van der Waals surface area contributed by atoms with Crippen LogP contribution >= 0.6 is 11.8 Å². The molecule has 0 saturated heterocycles. The second kappa shape index (κ2) is 7.26. The van der Waals surface area contributed by atoms with Crippen LogP contribution in [0.5, 0.6) is 0 Å². The van der Waals surface area contributed by atoms with Crippen molar-refractivity contribution in [3.63, 3.8) is 0 Å². The van der Waals surface area contributed by atoms with Crippen molar-refractivity contribution in [2.24, 2.45) is 0 Å². The molecule has 0 amide bonds. The van der Waals surface area contributed by atoms with E-state index in [0.717, 1.165) is 12.8 Å². The summed E-state index contributed by atoms with van der Waals surface area (Å²) < 4.78 is 4.50. The number of nitro benzene ring substituents is 1. The average molecular weight is 307 g/mol. The number of nitrogens with zero attached hydrogens (tertiary/aromatic N) is 1. The van der Waals surface area contributed by atoms with Gasteiger partial charge >= 0.3 is 5.97 Å². The zero-order chi connectivity index (χ0) is 15.2. The molecular weight excluding hydrogens is 290 g/mol. The van der Waals surface area contributed by atoms with Crippen LogP contribution in [0.4, 0.5) is 5.69 Å². The quantitative estimate of drug-likeness (QED) is 0.358. The van der Waals surface area contributed by atoms with Gasteiger partial charge in [0.15, 0.2) is 0 Å². The van der Waals surface area contributed by atoms with Gasteiger partial charge < -0.3 is 4.74 Å². The van der Waals surface area contributed by atoms with Gasteiger partial charge in [0, 0.05) is 17.4 Å². The monoisotopic (exact) mass is 307 g/mol. The first-order valence-corrected chi connectivity index (χ1v) is 7.69. The summed E-state index contributed by atoms with van der Waals surface area (Å²) in [6.45, 7) is 0. The fourth-order valence-corrected chi connectivity index (χ4v) is 3.63. The van der Waals surface area contributed by atoms with Gasteiger partial charge in [-0.2, -0.15) is 0 Å². The first kappa shape index (κ1) is 15.6. The molecule has 1 aliphatic rings. The highest BCUT2D eigenvalue weighted by Crippen LogP contribution is 2.39. The Kier molecular flexibility index (Phi) is 5.38. The fourth-order valence-electron chi connectivity index (χ4n) is 2.30. The van der Waals surface area contributed by atoms with Crippen molar-refractivity contribution in [1.82, 2.24) is 0 Å². The molecule has 0 radical (unpaired) electrons. The van der Waals surface area contributed by atoms with Crippen LogP contribution in [0.2, 0.25) is 0 Å². The van der Waals surface area contributed by atoms with Gasteiger partial charge in [-0.15, -0.1) is 11.8 Å². The SMILES string of the molecule is COC(=O)/C=C/c1ccc(SC2CCCC2)c([N+](=O)[O-])c1. The smallest absolute Gasteiger partial charge is 0.330 e. The first-order valence-electron chi connectivity index (χ1n) is 6.81. The van der Waals surface area contributed by atoms with E-state index in [1.54, 1.807) is 23.9 Å². The summed E-state index contributed by atoms with van der Waals surface area (Å²) in [5.41, 5.74) is 0.710. The summed E-state index contributed by atoms with van der Waals surface area (Å²) in [5, 5.41) is 11.7. The normalized spacial score (nSPS) is 15.5. The zero-order valence-electron chi connectivity index (χ0n) is 11.8. The molecule has 0 aliphatic heterocycles. The summed E-state index contributed by atoms with van der Waals surface area (Å²) in [6, 6.07) is 5.04. The van der Waals surface area contributed by atoms with Crippen LogP contribution in [0.3, 0.4) is 0 Å². The minimum Gasteiger partial charge on any atom is -0.466 e. The number of rotatable bonds is 5. The number of nitro groups is 1. The summed E-state index contributed by atoms with van der Waals surface area (Å²) in [7, 11) is 1.29. The highest BCUT2D eigenvalue weighted by molar-refractivity contribution is 8.00. The Bertz CT molecular complexity index is 565. The summed E-state index contributed by atoms with van der Waals surface area (Å²) in [6.07, 6.45) is 7.40. The number of methoxy groups -OCH3 is 1. The van der Waals surface area contributed by atoms with Gasteiger partial charge in [-0.3, -0.25) is 10.1 Å². The van der Waals surface area contributed by atoms with Gasteiger partial charge in [-0.05, 0) is 30.5 Å². The van der Waals surface area contributed by atoms with E-state index in [-0.39, 0.29) is 10.6 Å². The fraction of sp³-hybridized carbons (Fsp3) is 0.400. The third-order valence-electron chi connectivity index (χ3n) is 3.39. The van der Waals surface area contributed by atoms with E-state index in [0.29, 0.717) is 15.7 Å². The third kappa shape index (κ3) is 4.32. The van der Waals surface area contributed by atoms with Crippen molar-refractivity contribution in [1.29, 1.82) is 0 Å². The van der Waals surface area contributed by atoms with E-state index in [4.69, 9.17) is 0 Å². The van der Waals surface area contributed by atoms with Crippen LogP contribution in [0, 0.1) is 10.1 Å². The van der Waals surface area contributed by atoms with Crippen molar-refractivity contribution in [2.75, 3.05) is 7.11 Å². The van der Waals surface area contributed by atoms with E-state index in [9.17, 15) is 14.9 Å². The molecule has 112 valence electrons. The van der Waals surface area contributed by atoms with Crippen LogP contribution in [0.25, 0.3) is 6.08 Å². The molecule has 1 aromatic carbocycles. The van der Waals surface area contributed by atoms with Gasteiger partial charge in [0.1, 0.15) is 0 Å². The molecule has 0 bridgehead atoms. The number of carbonyl (C=O) groups excluding carboxylic acids is 1. The van der Waals surface area contributed by atoms with Crippen molar-refractivity contribution < 1.29 is 14.5 Å². The molecule has 2 rings (SSSR count). The largest absolute Gasteiger partial charge is 0.466 e. The van der Waals surface area contributed by atoms with Crippen LogP contribution in [-0.2, 0) is 9.53 Å². The van der Waals surface area contributed by atoms with Gasteiger partial charge in [-0.1, -0.05) is 18.9 Å². The molecule has 1 fully saturated rings. The molecule has 5 nitrogen and oxygen atoms in total. The van der Waals surface area contributed by atoms with Crippen molar-refractivity contribution in [3.05, 3.63) is 40.0 Å². The topological polar surface area (TPSA) is 69.4 Å². The zero-order valence-corrected chi connectivity index (χ0v) is 12.6.